The summed E-state index contributed by atoms with van der Waals surface area (Å²) in [6.45, 7) is 2.16. The van der Waals surface area contributed by atoms with Crippen LogP contribution in [-0.4, -0.2) is 68.3 Å². The first-order valence-corrected chi connectivity index (χ1v) is 7.99. The molecule has 20 heavy (non-hydrogen) atoms. The predicted molar refractivity (Wildman–Crippen MR) is 71.8 cm³/mol. The molecule has 1 atom stereocenters. The molecule has 1 unspecified atom stereocenters. The summed E-state index contributed by atoms with van der Waals surface area (Å²) in [6, 6.07) is 8.51. The van der Waals surface area contributed by atoms with Crippen LogP contribution in [0.5, 0.6) is 0 Å². The Morgan fingerprint density at radius 1 is 1.25 bits per heavy atom. The zero-order valence-electron chi connectivity index (χ0n) is 11.0. The fourth-order valence-corrected chi connectivity index (χ4v) is 2.11. The number of carboxylic acids is 2. The molecule has 106 valence electrons. The minimum atomic E-state index is -4.84. The zero-order chi connectivity index (χ0) is 15.9. The van der Waals surface area contributed by atoms with Crippen LogP contribution < -0.4 is 2.81 Å². The standard InChI is InChI=1S/C7H7.C4H6O7S.Na/c1-7-5-3-2-4-6-7;5-3(6)1-2(4(7)8)12(9,10)11;/h2-5H,1H3;2H,1H2,(H,5,6)(H,7,8)(H,9,10,11);. The first kappa shape index (κ1) is 19.1. The van der Waals surface area contributed by atoms with Gasteiger partial charge in [-0.1, -0.05) is 0 Å². The van der Waals surface area contributed by atoms with Crippen LogP contribution in [0, 0.1) is 6.92 Å². The summed E-state index contributed by atoms with van der Waals surface area (Å²) < 4.78 is 30.2. The van der Waals surface area contributed by atoms with Crippen LogP contribution in [0.2, 0.25) is 0 Å². The Balaban J connectivity index is 0.000000388. The Labute approximate surface area is 133 Å². The molecule has 0 saturated carbocycles. The van der Waals surface area contributed by atoms with Gasteiger partial charge in [-0.05, 0) is 0 Å². The van der Waals surface area contributed by atoms with E-state index in [1.807, 2.05) is 0 Å². The zero-order valence-corrected chi connectivity index (χ0v) is 13.8. The molecule has 3 N–H and O–H groups in total. The van der Waals surface area contributed by atoms with Gasteiger partial charge in [-0.3, -0.25) is 14.1 Å². The van der Waals surface area contributed by atoms with E-state index in [4.69, 9.17) is 14.8 Å². The normalized spacial score (nSPS) is 12.0. The van der Waals surface area contributed by atoms with Crippen molar-refractivity contribution in [2.45, 2.75) is 18.6 Å². The summed E-state index contributed by atoms with van der Waals surface area (Å²) in [5.41, 5.74) is 1.43. The summed E-state index contributed by atoms with van der Waals surface area (Å²) in [6.07, 6.45) is -1.16. The van der Waals surface area contributed by atoms with Gasteiger partial charge >= 0.3 is 79.4 Å². The van der Waals surface area contributed by atoms with E-state index in [9.17, 15) is 18.0 Å². The molecule has 0 radical (unpaired) electrons. The Morgan fingerprint density at radius 3 is 1.95 bits per heavy atom. The number of hydrogen-bond acceptors (Lipinski definition) is 4. The number of carbonyl (C=O) groups is 2. The van der Waals surface area contributed by atoms with Crippen molar-refractivity contribution < 1.29 is 32.8 Å². The van der Waals surface area contributed by atoms with Crippen molar-refractivity contribution in [3.63, 3.8) is 0 Å². The van der Waals surface area contributed by atoms with Crippen LogP contribution in [0.15, 0.2) is 24.3 Å². The van der Waals surface area contributed by atoms with E-state index in [-0.39, 0.29) is 0 Å². The summed E-state index contributed by atoms with van der Waals surface area (Å²) in [5.74, 6) is -3.50. The second-order valence-corrected chi connectivity index (χ2v) is 6.70. The molecule has 0 aliphatic heterocycles. The number of aliphatic carboxylic acids is 2. The summed E-state index contributed by atoms with van der Waals surface area (Å²) in [5, 5.41) is 13.9. The van der Waals surface area contributed by atoms with Gasteiger partial charge in [0.1, 0.15) is 0 Å². The van der Waals surface area contributed by atoms with E-state index in [0.717, 1.165) is 0 Å². The van der Waals surface area contributed by atoms with Crippen molar-refractivity contribution >= 4 is 52.8 Å². The SMILES string of the molecule is Cc1cccc[c]1[Na].O=C(O)CC(C(=O)O)S(=O)(=O)O. The summed E-state index contributed by atoms with van der Waals surface area (Å²) in [7, 11) is -4.84. The molecule has 0 aromatic heterocycles. The second kappa shape index (κ2) is 8.38. The average molecular weight is 312 g/mol. The van der Waals surface area contributed by atoms with Gasteiger partial charge in [0.2, 0.25) is 0 Å². The Morgan fingerprint density at radius 2 is 1.75 bits per heavy atom. The largest absolute Gasteiger partial charge is 0.481 e. The van der Waals surface area contributed by atoms with Crippen LogP contribution in [-0.2, 0) is 19.7 Å². The molecular formula is C11H13NaO7S. The van der Waals surface area contributed by atoms with Gasteiger partial charge < -0.3 is 10.2 Å². The van der Waals surface area contributed by atoms with Crippen molar-refractivity contribution in [2.24, 2.45) is 0 Å². The first-order chi connectivity index (χ1) is 9.05. The third kappa shape index (κ3) is 7.61. The third-order valence-electron chi connectivity index (χ3n) is 2.42. The fraction of sp³-hybridized carbons (Fsp3) is 0.273. The Bertz CT molecular complexity index is 561. The van der Waals surface area contributed by atoms with E-state index in [2.05, 4.69) is 31.2 Å². The molecule has 7 nitrogen and oxygen atoms in total. The van der Waals surface area contributed by atoms with Crippen LogP contribution in [0.25, 0.3) is 0 Å². The molecule has 0 amide bonds. The topological polar surface area (TPSA) is 129 Å². The van der Waals surface area contributed by atoms with Gasteiger partial charge in [0.15, 0.2) is 5.25 Å². The monoisotopic (exact) mass is 312 g/mol. The van der Waals surface area contributed by atoms with Crippen LogP contribution in [0.1, 0.15) is 12.0 Å². The molecule has 0 bridgehead atoms. The molecule has 0 saturated heterocycles. The molecule has 1 aromatic carbocycles. The van der Waals surface area contributed by atoms with Crippen molar-refractivity contribution in [3.05, 3.63) is 29.8 Å². The number of hydrogen-bond donors (Lipinski definition) is 3. The maximum Gasteiger partial charge on any atom is 0.325 e. The smallest absolute Gasteiger partial charge is 0.325 e. The minimum Gasteiger partial charge on any atom is -0.481 e. The van der Waals surface area contributed by atoms with Crippen molar-refractivity contribution in [3.8, 4) is 0 Å². The second-order valence-electron chi connectivity index (χ2n) is 4.02. The Hall–Kier alpha value is -0.930. The summed E-state index contributed by atoms with van der Waals surface area (Å²) >= 11 is 1.18. The van der Waals surface area contributed by atoms with Crippen LogP contribution >= 0.6 is 0 Å². The van der Waals surface area contributed by atoms with E-state index >= 15 is 0 Å². The molecular weight excluding hydrogens is 299 g/mol. The fourth-order valence-electron chi connectivity index (χ4n) is 1.14. The quantitative estimate of drug-likeness (QED) is 0.509. The van der Waals surface area contributed by atoms with Crippen molar-refractivity contribution in [2.75, 3.05) is 0 Å². The number of rotatable bonds is 4. The number of aryl methyl sites for hydroxylation is 1. The van der Waals surface area contributed by atoms with Crippen molar-refractivity contribution in [1.29, 1.82) is 0 Å². The van der Waals surface area contributed by atoms with Crippen LogP contribution in [0.4, 0.5) is 0 Å². The molecule has 1 rings (SSSR count). The van der Waals surface area contributed by atoms with Crippen molar-refractivity contribution in [1.82, 2.24) is 0 Å². The van der Waals surface area contributed by atoms with E-state index < -0.39 is 33.7 Å². The van der Waals surface area contributed by atoms with Crippen LogP contribution in [0.3, 0.4) is 0 Å². The van der Waals surface area contributed by atoms with Gasteiger partial charge in [-0.25, -0.2) is 0 Å². The van der Waals surface area contributed by atoms with Gasteiger partial charge in [-0.2, -0.15) is 8.42 Å². The maximum absolute atomic E-state index is 10.2. The van der Waals surface area contributed by atoms with E-state index in [1.165, 1.54) is 36.3 Å². The molecule has 9 heteroatoms. The van der Waals surface area contributed by atoms with Gasteiger partial charge in [0, 0.05) is 0 Å². The van der Waals surface area contributed by atoms with E-state index in [1.54, 1.807) is 0 Å². The summed E-state index contributed by atoms with van der Waals surface area (Å²) in [4.78, 5) is 20.0. The number of benzene rings is 1. The predicted octanol–water partition coefficient (Wildman–Crippen LogP) is -0.409. The Kier molecular flexibility index (Phi) is 7.99. The molecule has 0 aliphatic rings. The average Bonchev–Trinajstić information content (AvgIpc) is 2.29. The van der Waals surface area contributed by atoms with Gasteiger partial charge in [0.05, 0.1) is 6.42 Å². The molecule has 0 fully saturated rings. The third-order valence-corrected chi connectivity index (χ3v) is 4.63. The van der Waals surface area contributed by atoms with Gasteiger partial charge in [-0.15, -0.1) is 0 Å². The number of carboxylic acid groups (broad SMARTS) is 2. The van der Waals surface area contributed by atoms with Gasteiger partial charge in [0.25, 0.3) is 10.1 Å². The molecule has 1 aromatic rings. The van der Waals surface area contributed by atoms with E-state index in [0.29, 0.717) is 0 Å². The first-order valence-electron chi connectivity index (χ1n) is 5.48. The molecule has 0 spiro atoms. The molecule has 0 heterocycles. The maximum atomic E-state index is 10.2. The molecule has 0 aliphatic carbocycles. The minimum absolute atomic E-state index is 1.16.